The van der Waals surface area contributed by atoms with Crippen LogP contribution in [0.1, 0.15) is 49.2 Å². The molecule has 0 spiro atoms. The molecule has 0 aliphatic carbocycles. The van der Waals surface area contributed by atoms with Gasteiger partial charge in [-0.25, -0.2) is 24.4 Å². The number of urea groups is 1. The first-order valence-corrected chi connectivity index (χ1v) is 18.3. The van der Waals surface area contributed by atoms with E-state index in [1.807, 2.05) is 0 Å². The molecule has 8 N–H and O–H groups in total. The molecule has 2 aromatic rings. The van der Waals surface area contributed by atoms with E-state index in [2.05, 4.69) is 20.9 Å². The molecule has 3 fully saturated rings. The lowest BCUT2D eigenvalue weighted by Gasteiger charge is -2.40. The van der Waals surface area contributed by atoms with Crippen LogP contribution in [0.3, 0.4) is 0 Å². The number of hydrazine groups is 1. The molecule has 0 saturated carbocycles. The highest BCUT2D eigenvalue weighted by Gasteiger charge is 2.66. The standard InChI is InChI=1S/C31H33ClN8O13S2/c1-30(2,26(48)49)53-37-20(15-11-54-28(33)35-15)18(43)10-14-24(47)38-12-31(27(50)51,55-25(14)38)39-8-9-40(29(39)52)36-23(46)17(42)4-3-7-34-22(45)13-5-6-16(41)21(44)19(13)32/h5-6,11,14,25,41,44H,3-4,7-10,12H2,1-2H3,(H2,33,35)(H,34,45)(H,36,46)(H,48,49)(H,50,51)/b37-20-/t14?,25-,31-/m1/s1. The van der Waals surface area contributed by atoms with E-state index in [4.69, 9.17) is 22.2 Å². The molecular formula is C31H33ClN8O13S2. The lowest BCUT2D eigenvalue weighted by atomic mass is 9.90. The van der Waals surface area contributed by atoms with Crippen molar-refractivity contribution in [3.63, 3.8) is 0 Å². The van der Waals surface area contributed by atoms with Gasteiger partial charge in [-0.3, -0.25) is 34.3 Å². The first-order chi connectivity index (χ1) is 25.8. The monoisotopic (exact) mass is 824 g/mol. The number of benzene rings is 1. The fraction of sp³-hybridized carbons (Fsp3) is 0.419. The third kappa shape index (κ3) is 7.93. The number of aromatic hydroxyl groups is 2. The highest BCUT2D eigenvalue weighted by molar-refractivity contribution is 8.02. The zero-order valence-corrected chi connectivity index (χ0v) is 31.2. The molecule has 55 heavy (non-hydrogen) atoms. The average Bonchev–Trinajstić information content (AvgIpc) is 3.83. The maximum Gasteiger partial charge on any atom is 0.350 e. The SMILES string of the molecule is CC(C)(O/N=C(\C(=O)CC1C(=O)N2C[C@@](C(=O)O)(N3CCN(NC(=O)C(=O)CCCNC(=O)c4ccc(O)c(O)c4Cl)C3=O)S[C@H]12)c1csc(N)n1)C(=O)O. The number of fused-ring (bicyclic) bond motifs is 1. The number of ketones is 2. The molecule has 3 saturated heterocycles. The molecule has 24 heteroatoms. The number of nitrogen functional groups attached to an aromatic ring is 1. The summed E-state index contributed by atoms with van der Waals surface area (Å²) in [6.07, 6.45) is -0.857. The van der Waals surface area contributed by atoms with Crippen molar-refractivity contribution in [2.45, 2.75) is 49.0 Å². The Morgan fingerprint density at radius 3 is 2.47 bits per heavy atom. The van der Waals surface area contributed by atoms with Crippen molar-refractivity contribution >= 4 is 92.8 Å². The predicted octanol–water partition coefficient (Wildman–Crippen LogP) is 0.193. The Morgan fingerprint density at radius 1 is 1.13 bits per heavy atom. The summed E-state index contributed by atoms with van der Waals surface area (Å²) in [6.45, 7) is 1.43. The van der Waals surface area contributed by atoms with Gasteiger partial charge in [0.1, 0.15) is 5.69 Å². The Kier molecular flexibility index (Phi) is 11.5. The van der Waals surface area contributed by atoms with E-state index < -0.39 is 99.2 Å². The van der Waals surface area contributed by atoms with E-state index in [-0.39, 0.29) is 53.9 Å². The number of amides is 5. The number of phenols is 2. The number of aliphatic carboxylic acids is 2. The number of Topliss-reactive ketones (excluding diaryl/α,β-unsaturated/α-hetero) is 2. The number of carbonyl (C=O) groups is 8. The van der Waals surface area contributed by atoms with Gasteiger partial charge in [0.2, 0.25) is 22.2 Å². The lowest BCUT2D eigenvalue weighted by molar-refractivity contribution is -0.161. The molecule has 0 radical (unpaired) electrons. The number of β-lactam (4-membered cyclic amide) rings is 1. The number of hydrogen-bond acceptors (Lipinski definition) is 16. The van der Waals surface area contributed by atoms with E-state index >= 15 is 0 Å². The summed E-state index contributed by atoms with van der Waals surface area (Å²) in [5.74, 6) is -9.31. The largest absolute Gasteiger partial charge is 0.504 e. The van der Waals surface area contributed by atoms with Gasteiger partial charge in [-0.05, 0) is 32.4 Å². The highest BCUT2D eigenvalue weighted by atomic mass is 35.5. The van der Waals surface area contributed by atoms with Gasteiger partial charge >= 0.3 is 23.9 Å². The van der Waals surface area contributed by atoms with Crippen LogP contribution in [0, 0.1) is 5.92 Å². The van der Waals surface area contributed by atoms with Crippen LogP contribution in [0.25, 0.3) is 0 Å². The van der Waals surface area contributed by atoms with Gasteiger partial charge in [-0.1, -0.05) is 28.5 Å². The van der Waals surface area contributed by atoms with Crippen molar-refractivity contribution in [2.75, 3.05) is 31.9 Å². The van der Waals surface area contributed by atoms with Gasteiger partial charge < -0.3 is 41.2 Å². The quantitative estimate of drug-likeness (QED) is 0.0297. The van der Waals surface area contributed by atoms with E-state index in [0.717, 1.165) is 39.1 Å². The number of rotatable bonds is 16. The number of oxime groups is 1. The number of carboxylic acids is 2. The summed E-state index contributed by atoms with van der Waals surface area (Å²) in [4.78, 5) is 111. The van der Waals surface area contributed by atoms with E-state index in [1.54, 1.807) is 0 Å². The molecule has 1 aromatic carbocycles. The van der Waals surface area contributed by atoms with E-state index in [1.165, 1.54) is 30.2 Å². The first-order valence-electron chi connectivity index (χ1n) is 16.2. The van der Waals surface area contributed by atoms with E-state index in [0.29, 0.717) is 0 Å². The molecule has 0 bridgehead atoms. The summed E-state index contributed by atoms with van der Waals surface area (Å²) in [7, 11) is 0. The normalized spacial score (nSPS) is 20.9. The van der Waals surface area contributed by atoms with E-state index in [9.17, 15) is 58.8 Å². The fourth-order valence-corrected chi connectivity index (χ4v) is 8.12. The number of nitrogens with two attached hydrogens (primary N) is 1. The molecule has 294 valence electrons. The number of phenolic OH excluding ortho intramolecular Hbond substituents is 2. The molecule has 3 atom stereocenters. The summed E-state index contributed by atoms with van der Waals surface area (Å²) >= 11 is 7.59. The summed E-state index contributed by atoms with van der Waals surface area (Å²) in [6, 6.07) is 1.28. The molecule has 3 aliphatic heterocycles. The third-order valence-electron chi connectivity index (χ3n) is 8.74. The number of nitrogens with zero attached hydrogens (tertiary/aromatic N) is 5. The minimum Gasteiger partial charge on any atom is -0.504 e. The lowest BCUT2D eigenvalue weighted by Crippen LogP contribution is -2.60. The summed E-state index contributed by atoms with van der Waals surface area (Å²) in [5.41, 5.74) is 5.47. The molecule has 5 amide bonds. The van der Waals surface area contributed by atoms with Crippen LogP contribution >= 0.6 is 34.7 Å². The Morgan fingerprint density at radius 2 is 1.84 bits per heavy atom. The van der Waals surface area contributed by atoms with Crippen molar-refractivity contribution in [3.8, 4) is 11.5 Å². The zero-order valence-electron chi connectivity index (χ0n) is 28.8. The third-order valence-corrected chi connectivity index (χ3v) is 11.5. The molecule has 1 aromatic heterocycles. The van der Waals surface area contributed by atoms with Gasteiger partial charge in [0.25, 0.3) is 5.91 Å². The first kappa shape index (κ1) is 40.5. The van der Waals surface area contributed by atoms with Crippen LogP contribution in [0.5, 0.6) is 11.5 Å². The summed E-state index contributed by atoms with van der Waals surface area (Å²) in [5, 5.41) is 46.1. The van der Waals surface area contributed by atoms with Gasteiger partial charge in [-0.15, -0.1) is 11.3 Å². The minimum atomic E-state index is -2.02. The average molecular weight is 825 g/mol. The Bertz CT molecular complexity index is 2030. The molecule has 1 unspecified atom stereocenters. The maximum atomic E-state index is 13.5. The Hall–Kier alpha value is -5.68. The molecular weight excluding hydrogens is 792 g/mol. The molecule has 3 aliphatic rings. The maximum absolute atomic E-state index is 13.5. The van der Waals surface area contributed by atoms with Gasteiger partial charge in [0.05, 0.1) is 35.0 Å². The number of halogens is 1. The molecule has 21 nitrogen and oxygen atoms in total. The zero-order chi connectivity index (χ0) is 40.6. The van der Waals surface area contributed by atoms with Crippen molar-refractivity contribution in [3.05, 3.63) is 33.8 Å². The van der Waals surface area contributed by atoms with Crippen LogP contribution in [0.2, 0.25) is 5.02 Å². The number of thioether (sulfide) groups is 1. The van der Waals surface area contributed by atoms with Crippen molar-refractivity contribution in [1.82, 2.24) is 30.5 Å². The van der Waals surface area contributed by atoms with Crippen molar-refractivity contribution < 1.29 is 63.6 Å². The second kappa shape index (κ2) is 15.6. The number of thiazole rings is 1. The second-order valence-corrected chi connectivity index (χ2v) is 15.5. The van der Waals surface area contributed by atoms with Crippen LogP contribution < -0.4 is 16.5 Å². The van der Waals surface area contributed by atoms with Crippen LogP contribution in [-0.2, 0) is 33.6 Å². The topological polar surface area (TPSA) is 312 Å². The Balaban J connectivity index is 1.18. The van der Waals surface area contributed by atoms with Crippen molar-refractivity contribution in [1.29, 1.82) is 0 Å². The number of nitrogens with one attached hydrogen (secondary N) is 2. The predicted molar refractivity (Wildman–Crippen MR) is 191 cm³/mol. The van der Waals surface area contributed by atoms with Gasteiger partial charge in [0.15, 0.2) is 28.1 Å². The number of carboxylic acid groups (broad SMARTS) is 2. The number of aromatic nitrogens is 1. The smallest absolute Gasteiger partial charge is 0.350 e. The summed E-state index contributed by atoms with van der Waals surface area (Å²) < 4.78 is 0. The highest BCUT2D eigenvalue weighted by Crippen LogP contribution is 2.53. The van der Waals surface area contributed by atoms with Crippen molar-refractivity contribution in [2.24, 2.45) is 11.1 Å². The fourth-order valence-electron chi connectivity index (χ4n) is 5.63. The molecule has 4 heterocycles. The minimum absolute atomic E-state index is 0.00798. The number of anilines is 1. The van der Waals surface area contributed by atoms with Gasteiger partial charge in [0, 0.05) is 31.3 Å². The van der Waals surface area contributed by atoms with Crippen LogP contribution in [-0.4, -0.2) is 135 Å². The van der Waals surface area contributed by atoms with Crippen LogP contribution in [0.15, 0.2) is 22.7 Å². The van der Waals surface area contributed by atoms with Gasteiger partial charge in [-0.2, -0.15) is 0 Å². The Labute approximate surface area is 323 Å². The second-order valence-electron chi connectivity index (χ2n) is 12.8. The number of hydrogen-bond donors (Lipinski definition) is 7. The number of carbonyl (C=O) groups excluding carboxylic acids is 6. The van der Waals surface area contributed by atoms with Crippen LogP contribution in [0.4, 0.5) is 9.93 Å². The molecule has 5 rings (SSSR count).